The molecule has 0 saturated heterocycles. The molecule has 1 aliphatic carbocycles. The SMILES string of the molecule is Bc1c(B)c(B)c2c(c1B)c1c(B)c(B)c(B)c(B)c1n2-c1ccc(-c2ccc3c(c2)N(c2c(-c4ccccc4)cccc2-c2ccccc2)c2cc(C(C)(C)C)cc4c2B3c2ccc(-n3c5c(B)c(B)c(B)c(B)c5c5c(B)c(B)c(B)c(B)c53)cc2C4C2(c3ccccc3)C=CC=C2c2ccccc2)cc1. The van der Waals surface area contributed by atoms with Gasteiger partial charge in [0.2, 0.25) is 6.71 Å². The van der Waals surface area contributed by atoms with Gasteiger partial charge in [-0.05, 0) is 130 Å². The second kappa shape index (κ2) is 25.5. The summed E-state index contributed by atoms with van der Waals surface area (Å²) < 4.78 is 5.32. The van der Waals surface area contributed by atoms with E-state index in [1.807, 2.05) is 0 Å². The van der Waals surface area contributed by atoms with Crippen LogP contribution in [0.4, 0.5) is 17.1 Å². The Kier molecular flexibility index (Phi) is 16.4. The molecule has 3 aliphatic rings. The van der Waals surface area contributed by atoms with Gasteiger partial charge >= 0.3 is 0 Å². The van der Waals surface area contributed by atoms with Gasteiger partial charge in [-0.1, -0.05) is 286 Å². The molecule has 20 heteroatoms. The maximum Gasteiger partial charge on any atom is 0.247 e. The third-order valence-electron chi connectivity index (χ3n) is 27.2. The Morgan fingerprint density at radius 3 is 1.23 bits per heavy atom. The lowest BCUT2D eigenvalue weighted by Gasteiger charge is -2.49. The lowest BCUT2D eigenvalue weighted by molar-refractivity contribution is 0.578. The highest BCUT2D eigenvalue weighted by atomic mass is 15.2. The predicted octanol–water partition coefficient (Wildman–Crippen LogP) is -7.35. The highest BCUT2D eigenvalue weighted by molar-refractivity contribution is 6.99. The standard InChI is InChI=1S/C88H80B17N3/c1-87(2,3)48-39-54-64(88(47-24-14-7-15-25-47)37-17-28-55(88)45-22-12-6-13-23-45)53-41-50(107-85-62(67(91)71(95)75(99)79(85)103)63-68(92)72(96)76(100)80(104)86(63)107)34-36-56(53)105-57-35-31-46(38-58(57)108(59(40-48)81(54)105)82-51(43-18-8-4-9-19-43)26-16-27-52(82)44-20-10-5-11-21-44)42-29-32-49(33-30-42)106-83-60(65(89)69(93)73(97)77(83)101)61-66(90)70(94)74(98)78(102)84(61)106/h4-41,64H,89-104H2,1-3H3. The van der Waals surface area contributed by atoms with Crippen molar-refractivity contribution in [1.29, 1.82) is 0 Å². The Morgan fingerprint density at radius 2 is 0.759 bits per heavy atom. The molecule has 13 aromatic carbocycles. The van der Waals surface area contributed by atoms with Crippen LogP contribution in [0.3, 0.4) is 0 Å². The number of anilines is 3. The third-order valence-corrected chi connectivity index (χ3v) is 27.2. The fraction of sp³-hybridized carbons (Fsp3) is 0.0682. The zero-order chi connectivity index (χ0) is 75.2. The van der Waals surface area contributed by atoms with Gasteiger partial charge in [-0.2, -0.15) is 0 Å². The summed E-state index contributed by atoms with van der Waals surface area (Å²) in [6.45, 7) is 7.11. The summed E-state index contributed by atoms with van der Waals surface area (Å²) in [4.78, 5) is 2.75. The molecule has 0 fully saturated rings. The molecule has 4 heterocycles. The molecule has 0 radical (unpaired) electrons. The van der Waals surface area contributed by atoms with Crippen LogP contribution in [0.5, 0.6) is 0 Å². The van der Waals surface area contributed by atoms with E-state index < -0.39 is 5.41 Å². The quantitative estimate of drug-likeness (QED) is 0.131. The largest absolute Gasteiger partial charge is 0.310 e. The first-order chi connectivity index (χ1) is 51.9. The van der Waals surface area contributed by atoms with Crippen LogP contribution in [0.15, 0.2) is 231 Å². The summed E-state index contributed by atoms with van der Waals surface area (Å²) in [5, 5.41) is 5.50. The van der Waals surface area contributed by atoms with E-state index in [9.17, 15) is 0 Å². The highest BCUT2D eigenvalue weighted by Gasteiger charge is 2.53. The number of hydrogen-bond acceptors (Lipinski definition) is 1. The smallest absolute Gasteiger partial charge is 0.247 e. The van der Waals surface area contributed by atoms with E-state index in [2.05, 4.69) is 391 Å². The van der Waals surface area contributed by atoms with Gasteiger partial charge in [0.1, 0.15) is 126 Å². The van der Waals surface area contributed by atoms with Gasteiger partial charge in [-0.15, -0.1) is 21.9 Å². The second-order valence-corrected chi connectivity index (χ2v) is 33.1. The van der Waals surface area contributed by atoms with E-state index >= 15 is 0 Å². The topological polar surface area (TPSA) is 13.1 Å². The van der Waals surface area contributed by atoms with Crippen LogP contribution in [-0.2, 0) is 10.8 Å². The molecule has 0 saturated carbocycles. The molecule has 108 heavy (non-hydrogen) atoms. The molecule has 0 amide bonds. The number of hydrogen-bond donors (Lipinski definition) is 0. The monoisotopic (exact) mass is 1370 g/mol. The van der Waals surface area contributed by atoms with Crippen LogP contribution < -0.4 is 109 Å². The van der Waals surface area contributed by atoms with E-state index in [4.69, 9.17) is 0 Å². The molecular weight excluding hydrogens is 1280 g/mol. The van der Waals surface area contributed by atoms with Crippen LogP contribution >= 0.6 is 0 Å². The van der Waals surface area contributed by atoms with Crippen LogP contribution in [0.25, 0.3) is 93.9 Å². The first kappa shape index (κ1) is 69.6. The first-order valence-corrected chi connectivity index (χ1v) is 39.1. The molecule has 18 rings (SSSR count). The summed E-state index contributed by atoms with van der Waals surface area (Å²) >= 11 is 0. The minimum absolute atomic E-state index is 0.174. The van der Waals surface area contributed by atoms with E-state index in [1.165, 1.54) is 237 Å². The van der Waals surface area contributed by atoms with Crippen molar-refractivity contribution >= 4 is 302 Å². The normalized spacial score (nSPS) is 15.1. The van der Waals surface area contributed by atoms with Crippen molar-refractivity contribution < 1.29 is 0 Å². The summed E-state index contributed by atoms with van der Waals surface area (Å²) in [7, 11) is 37.5. The molecule has 2 aromatic heterocycles. The Hall–Kier alpha value is -10.2. The van der Waals surface area contributed by atoms with Crippen LogP contribution in [0.2, 0.25) is 0 Å². The summed E-state index contributed by atoms with van der Waals surface area (Å²) in [5.74, 6) is -0.228. The molecule has 0 N–H and O–H groups in total. The van der Waals surface area contributed by atoms with Gasteiger partial charge < -0.3 is 14.0 Å². The van der Waals surface area contributed by atoms with Gasteiger partial charge in [0.25, 0.3) is 0 Å². The Morgan fingerprint density at radius 1 is 0.343 bits per heavy atom. The van der Waals surface area contributed by atoms with Gasteiger partial charge in [-0.25, -0.2) is 0 Å². The average Bonchev–Trinajstić information content (AvgIpc) is 1.45. The van der Waals surface area contributed by atoms with Crippen molar-refractivity contribution in [2.24, 2.45) is 0 Å². The van der Waals surface area contributed by atoms with Crippen molar-refractivity contribution in [1.82, 2.24) is 9.13 Å². The van der Waals surface area contributed by atoms with E-state index in [0.717, 1.165) is 5.69 Å². The fourth-order valence-electron chi connectivity index (χ4n) is 20.1. The summed E-state index contributed by atoms with van der Waals surface area (Å²) in [5.41, 5.74) is 50.7. The second-order valence-electron chi connectivity index (χ2n) is 33.1. The molecule has 2 aliphatic heterocycles. The maximum atomic E-state index is 2.75. The highest BCUT2D eigenvalue weighted by Crippen LogP contribution is 2.58. The molecule has 3 nitrogen and oxygen atoms in total. The van der Waals surface area contributed by atoms with Crippen LogP contribution in [-0.4, -0.2) is 141 Å². The molecule has 2 atom stereocenters. The van der Waals surface area contributed by atoms with Crippen LogP contribution in [0, 0.1) is 0 Å². The Bertz CT molecular complexity index is 6270. The minimum atomic E-state index is -0.686. The fourth-order valence-corrected chi connectivity index (χ4v) is 20.1. The Balaban J connectivity index is 0.971. The molecule has 498 valence electrons. The number of para-hydroxylation sites is 1. The number of fused-ring (bicyclic) bond motifs is 10. The third kappa shape index (κ3) is 9.92. The Labute approximate surface area is 652 Å². The van der Waals surface area contributed by atoms with Gasteiger partial charge in [0.05, 0.1) is 5.69 Å². The number of rotatable bonds is 9. The van der Waals surface area contributed by atoms with Gasteiger partial charge in [0, 0.05) is 67.3 Å². The zero-order valence-corrected chi connectivity index (χ0v) is 66.4. The summed E-state index contributed by atoms with van der Waals surface area (Å²) in [6.07, 6.45) is 7.40. The molecular formula is C88H80B17N3. The van der Waals surface area contributed by atoms with Crippen LogP contribution in [0.1, 0.15) is 54.5 Å². The van der Waals surface area contributed by atoms with Crippen molar-refractivity contribution in [3.63, 3.8) is 0 Å². The molecule has 0 bridgehead atoms. The van der Waals surface area contributed by atoms with E-state index in [0.29, 0.717) is 0 Å². The number of nitrogens with zero attached hydrogens (tertiary/aromatic N) is 3. The molecule has 2 unspecified atom stereocenters. The first-order valence-electron chi connectivity index (χ1n) is 39.1. The lowest BCUT2D eigenvalue weighted by Crippen LogP contribution is -2.63. The van der Waals surface area contributed by atoms with Crippen molar-refractivity contribution in [3.05, 3.63) is 258 Å². The summed E-state index contributed by atoms with van der Waals surface area (Å²) in [6, 6.07) is 82.4. The zero-order valence-electron chi connectivity index (χ0n) is 66.4. The minimum Gasteiger partial charge on any atom is -0.310 e. The average molecular weight is 1360 g/mol. The number of aromatic nitrogens is 2. The van der Waals surface area contributed by atoms with Crippen molar-refractivity contribution in [2.45, 2.75) is 37.5 Å². The van der Waals surface area contributed by atoms with Crippen molar-refractivity contribution in [2.75, 3.05) is 4.90 Å². The number of benzene rings is 13. The number of allylic oxidation sites excluding steroid dienone is 4. The van der Waals surface area contributed by atoms with E-state index in [1.54, 1.807) is 0 Å². The molecule has 0 spiro atoms. The van der Waals surface area contributed by atoms with Crippen molar-refractivity contribution in [3.8, 4) is 44.8 Å². The lowest BCUT2D eigenvalue weighted by atomic mass is 9.30. The predicted molar refractivity (Wildman–Crippen MR) is 520 cm³/mol. The van der Waals surface area contributed by atoms with Gasteiger partial charge in [0.15, 0.2) is 0 Å². The van der Waals surface area contributed by atoms with E-state index in [-0.39, 0.29) is 18.0 Å². The maximum absolute atomic E-state index is 2.75. The van der Waals surface area contributed by atoms with Gasteiger partial charge in [-0.3, -0.25) is 0 Å². The molecule has 15 aromatic rings.